The summed E-state index contributed by atoms with van der Waals surface area (Å²) in [4.78, 5) is 77.9. The van der Waals surface area contributed by atoms with Gasteiger partial charge in [0, 0.05) is 63.2 Å². The summed E-state index contributed by atoms with van der Waals surface area (Å²) in [5, 5.41) is 12.3. The molecule has 0 bridgehead atoms. The Hall–Kier alpha value is -2.86. The molecule has 0 unspecified atom stereocenters. The number of hydrogen-bond acceptors (Lipinski definition) is 12. The lowest BCUT2D eigenvalue weighted by molar-refractivity contribution is -0.226. The van der Waals surface area contributed by atoms with Crippen molar-refractivity contribution in [2.75, 3.05) is 0 Å². The zero-order chi connectivity index (χ0) is 37.8. The van der Waals surface area contributed by atoms with E-state index in [4.69, 9.17) is 23.7 Å². The van der Waals surface area contributed by atoms with Crippen LogP contribution in [0.5, 0.6) is 0 Å². The van der Waals surface area contributed by atoms with Crippen molar-refractivity contribution in [2.24, 2.45) is 39.4 Å². The highest BCUT2D eigenvalue weighted by atomic mass is 16.6. The number of fused-ring (bicyclic) bond motifs is 4. The van der Waals surface area contributed by atoms with Gasteiger partial charge in [-0.05, 0) is 63.2 Å². The Bertz CT molecular complexity index is 1500. The number of aliphatic hydroxyl groups is 1. The monoisotopic (exact) mass is 704 g/mol. The Morgan fingerprint density at radius 2 is 1.36 bits per heavy atom. The topological polar surface area (TPSA) is 172 Å². The van der Waals surface area contributed by atoms with E-state index in [0.717, 1.165) is 0 Å². The molecule has 12 heteroatoms. The van der Waals surface area contributed by atoms with E-state index in [1.165, 1.54) is 34.6 Å². The van der Waals surface area contributed by atoms with Crippen LogP contribution in [0.1, 0.15) is 122 Å². The number of hydrogen-bond donors (Lipinski definition) is 1. The fraction of sp³-hybridized carbons (Fsp3) is 0.842. The quantitative estimate of drug-likeness (QED) is 0.204. The second-order valence-electron chi connectivity index (χ2n) is 17.8. The Morgan fingerprint density at radius 1 is 0.800 bits per heavy atom. The molecule has 0 aromatic heterocycles. The third kappa shape index (κ3) is 5.44. The molecular weight excluding hydrogens is 648 g/mol. The maximum Gasteiger partial charge on any atom is 0.303 e. The summed E-state index contributed by atoms with van der Waals surface area (Å²) in [7, 11) is 0. The first-order valence-electron chi connectivity index (χ1n) is 17.9. The lowest BCUT2D eigenvalue weighted by Gasteiger charge is -2.66. The van der Waals surface area contributed by atoms with E-state index in [1.807, 2.05) is 27.7 Å². The first kappa shape index (κ1) is 38.4. The molecule has 0 radical (unpaired) electrons. The van der Waals surface area contributed by atoms with Gasteiger partial charge >= 0.3 is 23.9 Å². The van der Waals surface area contributed by atoms with Gasteiger partial charge in [0.15, 0.2) is 5.78 Å². The summed E-state index contributed by atoms with van der Waals surface area (Å²) in [6.45, 7) is 19.9. The number of epoxide rings is 1. The van der Waals surface area contributed by atoms with Crippen molar-refractivity contribution in [3.63, 3.8) is 0 Å². The second kappa shape index (κ2) is 11.8. The number of carbonyl (C=O) groups is 6. The van der Waals surface area contributed by atoms with E-state index >= 15 is 4.79 Å². The molecule has 1 spiro atoms. The van der Waals surface area contributed by atoms with Gasteiger partial charge in [-0.1, -0.05) is 34.6 Å². The molecule has 4 aliphatic carbocycles. The summed E-state index contributed by atoms with van der Waals surface area (Å²) in [6, 6.07) is 0. The van der Waals surface area contributed by atoms with E-state index in [9.17, 15) is 29.1 Å². The van der Waals surface area contributed by atoms with Crippen LogP contribution in [-0.2, 0) is 52.5 Å². The van der Waals surface area contributed by atoms with Crippen LogP contribution >= 0.6 is 0 Å². The number of rotatable bonds is 9. The maximum absolute atomic E-state index is 15.0. The van der Waals surface area contributed by atoms with E-state index in [0.29, 0.717) is 12.8 Å². The minimum absolute atomic E-state index is 0.00455. The van der Waals surface area contributed by atoms with Crippen molar-refractivity contribution in [3.8, 4) is 0 Å². The van der Waals surface area contributed by atoms with E-state index in [-0.39, 0.29) is 43.5 Å². The minimum atomic E-state index is -1.99. The van der Waals surface area contributed by atoms with Gasteiger partial charge in [-0.3, -0.25) is 28.8 Å². The van der Waals surface area contributed by atoms with Crippen molar-refractivity contribution >= 4 is 35.4 Å². The Labute approximate surface area is 295 Å². The van der Waals surface area contributed by atoms with Gasteiger partial charge in [0.1, 0.15) is 40.9 Å². The van der Waals surface area contributed by atoms with Crippen molar-refractivity contribution < 1.29 is 57.6 Å². The van der Waals surface area contributed by atoms with Crippen molar-refractivity contribution in [3.05, 3.63) is 0 Å². The van der Waals surface area contributed by atoms with Crippen LogP contribution in [0, 0.1) is 39.4 Å². The van der Waals surface area contributed by atoms with Gasteiger partial charge in [0.25, 0.3) is 0 Å². The Balaban J connectivity index is 1.56. The Morgan fingerprint density at radius 3 is 1.90 bits per heavy atom. The number of esters is 4. The maximum atomic E-state index is 15.0. The molecule has 280 valence electrons. The van der Waals surface area contributed by atoms with Crippen LogP contribution in [-0.4, -0.2) is 81.8 Å². The van der Waals surface area contributed by atoms with Gasteiger partial charge in [-0.15, -0.1) is 0 Å². The number of ether oxygens (including phenoxy) is 5. The average molecular weight is 705 g/mol. The van der Waals surface area contributed by atoms with Gasteiger partial charge in [-0.2, -0.15) is 0 Å². The summed E-state index contributed by atoms with van der Waals surface area (Å²) < 4.78 is 29.7. The molecular formula is C38H56O12. The zero-order valence-electron chi connectivity index (χ0n) is 31.7. The molecule has 50 heavy (non-hydrogen) atoms. The third-order valence-electron chi connectivity index (χ3n) is 14.1. The van der Waals surface area contributed by atoms with Crippen molar-refractivity contribution in [1.82, 2.24) is 0 Å². The third-order valence-corrected chi connectivity index (χ3v) is 14.1. The molecule has 0 aromatic carbocycles. The van der Waals surface area contributed by atoms with Crippen LogP contribution < -0.4 is 0 Å². The number of Topliss-reactive ketones (excluding diaryl/α,β-unsaturated/α-hetero) is 2. The summed E-state index contributed by atoms with van der Waals surface area (Å²) in [5.41, 5.74) is -7.27. The predicted octanol–water partition coefficient (Wildman–Crippen LogP) is 4.44. The minimum Gasteiger partial charge on any atom is -0.462 e. The van der Waals surface area contributed by atoms with Gasteiger partial charge < -0.3 is 28.8 Å². The molecule has 1 saturated heterocycles. The van der Waals surface area contributed by atoms with E-state index < -0.39 is 98.3 Å². The molecule has 12 nitrogen and oxygen atoms in total. The molecule has 1 heterocycles. The highest BCUT2D eigenvalue weighted by Crippen LogP contribution is 2.79. The molecule has 1 N–H and O–H groups in total. The largest absolute Gasteiger partial charge is 0.462 e. The number of ketones is 2. The fourth-order valence-electron chi connectivity index (χ4n) is 11.9. The fourth-order valence-corrected chi connectivity index (χ4v) is 11.9. The molecule has 5 fully saturated rings. The van der Waals surface area contributed by atoms with Crippen molar-refractivity contribution in [1.29, 1.82) is 0 Å². The average Bonchev–Trinajstić information content (AvgIpc) is 3.63. The highest BCUT2D eigenvalue weighted by molar-refractivity contribution is 5.90. The van der Waals surface area contributed by atoms with Crippen LogP contribution in [0.2, 0.25) is 0 Å². The van der Waals surface area contributed by atoms with E-state index in [2.05, 4.69) is 6.92 Å². The summed E-state index contributed by atoms with van der Waals surface area (Å²) in [5.74, 6) is -4.25. The molecule has 0 aromatic rings. The van der Waals surface area contributed by atoms with Gasteiger partial charge in [-0.25, -0.2) is 0 Å². The molecule has 5 rings (SSSR count). The predicted molar refractivity (Wildman–Crippen MR) is 177 cm³/mol. The SMILES string of the molecule is CC(=O)O[C@H]1C[C@H]2[C@]3(C)C(=O)C[C@]4(C)[C@@H]([C@@](C)(O)C(=O)CCC(C)(C)OC(C)=O)[C@H](OC(C)=O)C[C@@]4(C)[C@@H]3C[C@H]3O[C@]32C(C)(C)[C@@H]1OC(C)=O. The normalized spacial score (nSPS) is 42.3. The summed E-state index contributed by atoms with van der Waals surface area (Å²) in [6.07, 6.45) is -1.65. The molecule has 4 saturated carbocycles. The lowest BCUT2D eigenvalue weighted by atomic mass is 9.36. The van der Waals surface area contributed by atoms with E-state index in [1.54, 1.807) is 13.8 Å². The van der Waals surface area contributed by atoms with Crippen LogP contribution in [0.25, 0.3) is 0 Å². The Kier molecular flexibility index (Phi) is 9.08. The summed E-state index contributed by atoms with van der Waals surface area (Å²) >= 11 is 0. The van der Waals surface area contributed by atoms with Crippen LogP contribution in [0.15, 0.2) is 0 Å². The standard InChI is InChI=1S/C38H56O12/c1-19(39)46-23-15-26-36(11)25(16-29-38(26,50-29)33(7,8)31(23)48-21(3)41)34(9)17-24(47-20(2)40)30(35(34,10)18-28(36)44)37(12,45)27(43)13-14-32(5,6)49-22(4)42/h23-26,29-31,45H,13-18H2,1-12H3/t23-,24+,25-,26-,29+,30-,31+,34-,35+,36+,37-,38-/m0/s1. The van der Waals surface area contributed by atoms with Gasteiger partial charge in [0.2, 0.25) is 0 Å². The van der Waals surface area contributed by atoms with Gasteiger partial charge in [0.05, 0.1) is 6.10 Å². The smallest absolute Gasteiger partial charge is 0.303 e. The molecule has 0 amide bonds. The first-order valence-corrected chi connectivity index (χ1v) is 17.9. The molecule has 5 aliphatic rings. The first-order chi connectivity index (χ1) is 22.7. The van der Waals surface area contributed by atoms with Crippen LogP contribution in [0.3, 0.4) is 0 Å². The zero-order valence-corrected chi connectivity index (χ0v) is 31.7. The van der Waals surface area contributed by atoms with Crippen LogP contribution in [0.4, 0.5) is 0 Å². The lowest BCUT2D eigenvalue weighted by Crippen LogP contribution is -2.71. The van der Waals surface area contributed by atoms with Crippen molar-refractivity contribution in [2.45, 2.75) is 163 Å². The second-order valence-corrected chi connectivity index (χ2v) is 17.8. The molecule has 1 aliphatic heterocycles. The number of carbonyl (C=O) groups excluding carboxylic acids is 6. The molecule has 12 atom stereocenters. The highest BCUT2D eigenvalue weighted by Gasteiger charge is 2.85.